The van der Waals surface area contributed by atoms with Crippen LogP contribution in [0.25, 0.3) is 11.2 Å². The minimum absolute atomic E-state index is 0. The summed E-state index contributed by atoms with van der Waals surface area (Å²) in [7, 11) is 1.59. The quantitative estimate of drug-likeness (QED) is 0.531. The van der Waals surface area contributed by atoms with Crippen LogP contribution < -0.4 is 25.1 Å². The maximum atomic E-state index is 12.4. The molecular weight excluding hydrogens is 460 g/mol. The molecule has 2 aliphatic rings. The van der Waals surface area contributed by atoms with Gasteiger partial charge in [0.2, 0.25) is 0 Å². The van der Waals surface area contributed by atoms with E-state index in [1.807, 2.05) is 12.1 Å². The van der Waals surface area contributed by atoms with Crippen LogP contribution in [0.2, 0.25) is 0 Å². The number of hydrogen-bond acceptors (Lipinski definition) is 9. The van der Waals surface area contributed by atoms with Gasteiger partial charge in [0.05, 0.1) is 36.9 Å². The number of fused-ring (bicyclic) bond motifs is 2. The van der Waals surface area contributed by atoms with Crippen molar-refractivity contribution in [2.24, 2.45) is 0 Å². The van der Waals surface area contributed by atoms with Crippen LogP contribution in [0.15, 0.2) is 35.5 Å². The Hall–Kier alpha value is -2.95. The molecule has 0 atom stereocenters. The minimum Gasteiger partial charge on any atom is -0.495 e. The van der Waals surface area contributed by atoms with Crippen molar-refractivity contribution in [3.8, 4) is 17.2 Å². The number of ether oxygens (including phenoxy) is 3. The van der Waals surface area contributed by atoms with Gasteiger partial charge in [-0.05, 0) is 25.9 Å². The van der Waals surface area contributed by atoms with E-state index in [9.17, 15) is 4.79 Å². The second-order valence-corrected chi connectivity index (χ2v) is 8.28. The summed E-state index contributed by atoms with van der Waals surface area (Å²) >= 11 is 0. The molecule has 34 heavy (non-hydrogen) atoms. The van der Waals surface area contributed by atoms with E-state index in [0.717, 1.165) is 43.9 Å². The predicted molar refractivity (Wildman–Crippen MR) is 129 cm³/mol. The van der Waals surface area contributed by atoms with E-state index in [1.54, 1.807) is 24.1 Å². The molecule has 0 aromatic carbocycles. The Bertz CT molecular complexity index is 1180. The van der Waals surface area contributed by atoms with Crippen LogP contribution in [0, 0.1) is 0 Å². The predicted octanol–water partition coefficient (Wildman–Crippen LogP) is 1.64. The van der Waals surface area contributed by atoms with Gasteiger partial charge in [0.15, 0.2) is 17.1 Å². The van der Waals surface area contributed by atoms with Gasteiger partial charge in [-0.1, -0.05) is 0 Å². The molecule has 5 heterocycles. The van der Waals surface area contributed by atoms with Crippen molar-refractivity contribution in [2.45, 2.75) is 32.0 Å². The van der Waals surface area contributed by atoms with E-state index in [2.05, 4.69) is 25.2 Å². The van der Waals surface area contributed by atoms with Crippen molar-refractivity contribution < 1.29 is 14.2 Å². The lowest BCUT2D eigenvalue weighted by Gasteiger charge is -2.32. The summed E-state index contributed by atoms with van der Waals surface area (Å²) < 4.78 is 18.2. The largest absolute Gasteiger partial charge is 0.495 e. The Labute approximate surface area is 203 Å². The molecule has 2 aliphatic heterocycles. The highest BCUT2D eigenvalue weighted by Crippen LogP contribution is 2.29. The van der Waals surface area contributed by atoms with E-state index in [0.29, 0.717) is 55.0 Å². The molecule has 182 valence electrons. The Morgan fingerprint density at radius 1 is 1.03 bits per heavy atom. The molecule has 1 fully saturated rings. The number of hydrogen-bond donors (Lipinski definition) is 1. The molecular formula is C23H29ClN6O4. The highest BCUT2D eigenvalue weighted by atomic mass is 35.5. The van der Waals surface area contributed by atoms with Gasteiger partial charge >= 0.3 is 0 Å². The first-order valence-corrected chi connectivity index (χ1v) is 11.3. The van der Waals surface area contributed by atoms with Crippen molar-refractivity contribution in [3.63, 3.8) is 0 Å². The van der Waals surface area contributed by atoms with Crippen LogP contribution in [0.1, 0.15) is 18.5 Å². The zero-order chi connectivity index (χ0) is 22.6. The molecule has 0 saturated carbocycles. The van der Waals surface area contributed by atoms with E-state index in [-0.39, 0.29) is 18.0 Å². The van der Waals surface area contributed by atoms with E-state index in [4.69, 9.17) is 14.2 Å². The Morgan fingerprint density at radius 2 is 1.79 bits per heavy atom. The van der Waals surface area contributed by atoms with Crippen LogP contribution in [-0.2, 0) is 13.1 Å². The Balaban J connectivity index is 0.00000274. The van der Waals surface area contributed by atoms with Crippen molar-refractivity contribution in [1.82, 2.24) is 29.7 Å². The number of methoxy groups -OCH3 is 1. The fraction of sp³-hybridized carbons (Fsp3) is 0.478. The fourth-order valence-electron chi connectivity index (χ4n) is 4.31. The molecule has 0 unspecified atom stereocenters. The molecule has 1 N–H and O–H groups in total. The number of aromatic nitrogens is 4. The maximum Gasteiger partial charge on any atom is 0.269 e. The van der Waals surface area contributed by atoms with Gasteiger partial charge in [0, 0.05) is 37.8 Å². The van der Waals surface area contributed by atoms with E-state index in [1.165, 1.54) is 6.20 Å². The molecule has 3 aromatic heterocycles. The van der Waals surface area contributed by atoms with E-state index < -0.39 is 0 Å². The molecule has 1 saturated heterocycles. The number of likely N-dealkylation sites (tertiary alicyclic amines) is 1. The second-order valence-electron chi connectivity index (χ2n) is 8.28. The topological polar surface area (TPSA) is 104 Å². The molecule has 0 amide bonds. The van der Waals surface area contributed by atoms with Gasteiger partial charge < -0.3 is 29.0 Å². The summed E-state index contributed by atoms with van der Waals surface area (Å²) in [4.78, 5) is 27.8. The second kappa shape index (κ2) is 11.0. The Kier molecular flexibility index (Phi) is 7.81. The normalized spacial score (nSPS) is 16.3. The fourth-order valence-corrected chi connectivity index (χ4v) is 4.31. The third-order valence-corrected chi connectivity index (χ3v) is 6.20. The summed E-state index contributed by atoms with van der Waals surface area (Å²) in [6, 6.07) is 4.21. The molecule has 0 aliphatic carbocycles. The Morgan fingerprint density at radius 3 is 2.59 bits per heavy atom. The lowest BCUT2D eigenvalue weighted by Crippen LogP contribution is -2.43. The number of piperidine rings is 1. The summed E-state index contributed by atoms with van der Waals surface area (Å²) in [6.07, 6.45) is 6.79. The van der Waals surface area contributed by atoms with E-state index >= 15 is 0 Å². The first-order valence-electron chi connectivity index (χ1n) is 11.3. The van der Waals surface area contributed by atoms with Gasteiger partial charge in [-0.2, -0.15) is 0 Å². The van der Waals surface area contributed by atoms with Crippen molar-refractivity contribution >= 4 is 23.6 Å². The summed E-state index contributed by atoms with van der Waals surface area (Å²) in [6.45, 7) is 5.19. The molecule has 10 nitrogen and oxygen atoms in total. The zero-order valence-electron chi connectivity index (χ0n) is 19.1. The average Bonchev–Trinajstić information content (AvgIpc) is 2.87. The van der Waals surface area contributed by atoms with Gasteiger partial charge in [-0.3, -0.25) is 9.78 Å². The van der Waals surface area contributed by atoms with Gasteiger partial charge in [0.25, 0.3) is 5.56 Å². The van der Waals surface area contributed by atoms with Crippen molar-refractivity contribution in [3.05, 3.63) is 46.8 Å². The molecule has 5 rings (SSSR count). The molecule has 3 aromatic rings. The zero-order valence-corrected chi connectivity index (χ0v) is 19.9. The number of pyridine rings is 2. The standard InChI is InChI=1S/C23H28N6O4.ClH/c1-31-18-11-19-23(26-13-18)27-15-22(30)29(19)7-6-28-4-2-16(3-5-28)24-12-17-10-20-21(14-25-17)33-9-8-32-20;/h10-11,13-16,24H,2-9,12H2,1H3;1H. The number of nitrogens with one attached hydrogen (secondary N) is 1. The molecule has 0 bridgehead atoms. The third-order valence-electron chi connectivity index (χ3n) is 6.20. The smallest absolute Gasteiger partial charge is 0.269 e. The van der Waals surface area contributed by atoms with Gasteiger partial charge in [0.1, 0.15) is 19.0 Å². The third kappa shape index (κ3) is 5.40. The number of halogens is 1. The highest BCUT2D eigenvalue weighted by molar-refractivity contribution is 5.85. The minimum atomic E-state index is -0.124. The summed E-state index contributed by atoms with van der Waals surface area (Å²) in [5.41, 5.74) is 2.08. The molecule has 0 spiro atoms. The van der Waals surface area contributed by atoms with Gasteiger partial charge in [-0.15, -0.1) is 12.4 Å². The number of rotatable bonds is 7. The lowest BCUT2D eigenvalue weighted by molar-refractivity contribution is 0.170. The van der Waals surface area contributed by atoms with Crippen LogP contribution in [-0.4, -0.2) is 70.4 Å². The van der Waals surface area contributed by atoms with Crippen molar-refractivity contribution in [2.75, 3.05) is 40.0 Å². The molecule has 11 heteroatoms. The maximum absolute atomic E-state index is 12.4. The van der Waals surface area contributed by atoms with Crippen LogP contribution in [0.5, 0.6) is 17.2 Å². The first kappa shape index (κ1) is 24.2. The highest BCUT2D eigenvalue weighted by Gasteiger charge is 2.20. The number of nitrogens with zero attached hydrogens (tertiary/aromatic N) is 5. The van der Waals surface area contributed by atoms with Crippen molar-refractivity contribution in [1.29, 1.82) is 0 Å². The van der Waals surface area contributed by atoms with Gasteiger partial charge in [-0.25, -0.2) is 9.97 Å². The van der Waals surface area contributed by atoms with Crippen LogP contribution >= 0.6 is 12.4 Å². The monoisotopic (exact) mass is 488 g/mol. The summed E-state index contributed by atoms with van der Waals surface area (Å²) in [5, 5.41) is 3.61. The average molecular weight is 489 g/mol. The first-order chi connectivity index (χ1) is 16.2. The molecule has 0 radical (unpaired) electrons. The lowest BCUT2D eigenvalue weighted by atomic mass is 10.0. The summed E-state index contributed by atoms with van der Waals surface area (Å²) in [5.74, 6) is 2.10. The SMILES string of the molecule is COc1cnc2ncc(=O)n(CCN3CCC(NCc4cc5c(cn4)OCCO5)CC3)c2c1.Cl. The van der Waals surface area contributed by atoms with Crippen LogP contribution in [0.3, 0.4) is 0 Å². The van der Waals surface area contributed by atoms with Crippen LogP contribution in [0.4, 0.5) is 0 Å².